The van der Waals surface area contributed by atoms with Gasteiger partial charge in [0.25, 0.3) is 0 Å². The zero-order valence-corrected chi connectivity index (χ0v) is 64.5. The van der Waals surface area contributed by atoms with Crippen molar-refractivity contribution in [1.29, 1.82) is 0 Å². The van der Waals surface area contributed by atoms with Crippen LogP contribution in [0.5, 0.6) is 0 Å². The number of unbranched alkanes of at least 4 members (excludes halogenated alkanes) is 45. The average Bonchev–Trinajstić information content (AvgIpc) is 1.32. The van der Waals surface area contributed by atoms with Crippen LogP contribution in [0.1, 0.15) is 401 Å². The summed E-state index contributed by atoms with van der Waals surface area (Å²) < 4.78 is 68.6. The minimum atomic E-state index is -4.96. The molecule has 0 amide bonds. The maximum absolute atomic E-state index is 13.1. The number of aliphatic hydroxyl groups excluding tert-OH is 1. The number of rotatable bonds is 76. The largest absolute Gasteiger partial charge is 0.472 e. The van der Waals surface area contributed by atoms with E-state index in [1.807, 2.05) is 0 Å². The monoisotopic (exact) mass is 1410 g/mol. The third-order valence-corrected chi connectivity index (χ3v) is 20.2. The van der Waals surface area contributed by atoms with Crippen molar-refractivity contribution in [2.75, 3.05) is 39.6 Å². The maximum Gasteiger partial charge on any atom is 0.472 e. The molecule has 0 rings (SSSR count). The summed E-state index contributed by atoms with van der Waals surface area (Å²) in [7, 11) is -9.91. The Labute approximate surface area is 588 Å². The van der Waals surface area contributed by atoms with Crippen LogP contribution in [0, 0.1) is 11.8 Å². The van der Waals surface area contributed by atoms with Gasteiger partial charge in [-0.05, 0) is 37.5 Å². The van der Waals surface area contributed by atoms with Gasteiger partial charge in [0.2, 0.25) is 0 Å². The van der Waals surface area contributed by atoms with Crippen molar-refractivity contribution in [3.05, 3.63) is 0 Å². The Bertz CT molecular complexity index is 1860. The van der Waals surface area contributed by atoms with Gasteiger partial charge in [-0.25, -0.2) is 9.13 Å². The van der Waals surface area contributed by atoms with Gasteiger partial charge in [-0.3, -0.25) is 37.3 Å². The number of esters is 4. The Morgan fingerprint density at radius 1 is 0.302 bits per heavy atom. The molecular weight excluding hydrogens is 1260 g/mol. The third kappa shape index (κ3) is 69.2. The molecule has 6 atom stereocenters. The first-order chi connectivity index (χ1) is 46.4. The summed E-state index contributed by atoms with van der Waals surface area (Å²) >= 11 is 0. The maximum atomic E-state index is 13.1. The molecule has 0 aromatic heterocycles. The van der Waals surface area contributed by atoms with Crippen molar-refractivity contribution in [3.63, 3.8) is 0 Å². The molecule has 17 nitrogen and oxygen atoms in total. The highest BCUT2D eigenvalue weighted by molar-refractivity contribution is 7.47. The molecule has 0 spiro atoms. The van der Waals surface area contributed by atoms with Crippen LogP contribution in [0.2, 0.25) is 0 Å². The third-order valence-electron chi connectivity index (χ3n) is 18.3. The van der Waals surface area contributed by atoms with E-state index in [1.165, 1.54) is 218 Å². The first kappa shape index (κ1) is 94.1. The van der Waals surface area contributed by atoms with Gasteiger partial charge in [-0.2, -0.15) is 0 Å². The SMILES string of the molecule is CCCCCCCCCCCCCCCCCC(=O)OC[C@H](COP(=O)(O)OC[C@@H](O)COP(=O)(O)OC[C@@H](COC(=O)CCCCCCCCCCCCCC)OC(=O)CCCCCCCCCCC(C)CC)OC(=O)CCCCCCCCCCCCCCCCC(C)C. The van der Waals surface area contributed by atoms with E-state index in [9.17, 15) is 43.2 Å². The molecule has 0 aromatic carbocycles. The van der Waals surface area contributed by atoms with Gasteiger partial charge in [-0.1, -0.05) is 350 Å². The second-order valence-electron chi connectivity index (χ2n) is 28.5. The standard InChI is InChI=1S/C77H150O17P2/c1-7-10-12-14-16-18-20-22-23-27-31-35-42-48-54-60-75(80)87-65-72(93-76(81)61-55-49-43-36-32-28-25-24-26-29-33-39-45-51-57-69(4)5)67-91-95(83,84)89-63-71(78)64-90-96(85,86)92-68-73(94-77(82)62-56-50-44-38-37-40-46-52-58-70(6)9-3)66-88-74(79)59-53-47-41-34-30-21-19-17-15-13-11-8-2/h69-73,78H,7-68H2,1-6H3,(H,83,84)(H,85,86)/t70?,71-,72-,73-/m1/s1. The fraction of sp³-hybridized carbons (Fsp3) is 0.948. The summed E-state index contributed by atoms with van der Waals surface area (Å²) in [6.07, 6.45) is 56.7. The van der Waals surface area contributed by atoms with Crippen molar-refractivity contribution in [2.24, 2.45) is 11.8 Å². The van der Waals surface area contributed by atoms with Gasteiger partial charge in [0, 0.05) is 25.7 Å². The van der Waals surface area contributed by atoms with Crippen LogP contribution in [0.3, 0.4) is 0 Å². The summed E-state index contributed by atoms with van der Waals surface area (Å²) in [5.41, 5.74) is 0. The lowest BCUT2D eigenvalue weighted by molar-refractivity contribution is -0.161. The van der Waals surface area contributed by atoms with Crippen molar-refractivity contribution in [3.8, 4) is 0 Å². The van der Waals surface area contributed by atoms with Crippen molar-refractivity contribution < 1.29 is 80.2 Å². The van der Waals surface area contributed by atoms with Gasteiger partial charge in [0.15, 0.2) is 12.2 Å². The normalized spacial score (nSPS) is 14.3. The molecule has 0 aliphatic carbocycles. The fourth-order valence-electron chi connectivity index (χ4n) is 11.8. The first-order valence-electron chi connectivity index (χ1n) is 40.0. The minimum Gasteiger partial charge on any atom is -0.462 e. The fourth-order valence-corrected chi connectivity index (χ4v) is 13.4. The van der Waals surface area contributed by atoms with Gasteiger partial charge in [0.1, 0.15) is 19.3 Å². The number of ether oxygens (including phenoxy) is 4. The first-order valence-corrected chi connectivity index (χ1v) is 43.0. The lowest BCUT2D eigenvalue weighted by Gasteiger charge is -2.21. The molecule has 0 aliphatic rings. The number of phosphoric acid groups is 2. The highest BCUT2D eigenvalue weighted by Crippen LogP contribution is 2.45. The molecule has 96 heavy (non-hydrogen) atoms. The van der Waals surface area contributed by atoms with Crippen LogP contribution in [-0.2, 0) is 65.4 Å². The Morgan fingerprint density at radius 2 is 0.531 bits per heavy atom. The topological polar surface area (TPSA) is 237 Å². The molecule has 0 aliphatic heterocycles. The van der Waals surface area contributed by atoms with Crippen LogP contribution in [0.4, 0.5) is 0 Å². The highest BCUT2D eigenvalue weighted by Gasteiger charge is 2.30. The number of phosphoric ester groups is 2. The zero-order chi connectivity index (χ0) is 70.7. The minimum absolute atomic E-state index is 0.105. The van der Waals surface area contributed by atoms with E-state index < -0.39 is 97.5 Å². The van der Waals surface area contributed by atoms with E-state index in [2.05, 4.69) is 41.5 Å². The Kier molecular flexibility index (Phi) is 67.4. The zero-order valence-electron chi connectivity index (χ0n) is 62.7. The van der Waals surface area contributed by atoms with E-state index in [0.29, 0.717) is 25.7 Å². The molecule has 0 saturated carbocycles. The van der Waals surface area contributed by atoms with E-state index in [0.717, 1.165) is 102 Å². The molecule has 570 valence electrons. The van der Waals surface area contributed by atoms with Crippen LogP contribution >= 0.6 is 15.6 Å². The molecule has 0 saturated heterocycles. The quantitative estimate of drug-likeness (QED) is 0.0222. The summed E-state index contributed by atoms with van der Waals surface area (Å²) in [6, 6.07) is 0. The predicted octanol–water partition coefficient (Wildman–Crippen LogP) is 22.7. The molecule has 0 heterocycles. The van der Waals surface area contributed by atoms with Crippen molar-refractivity contribution >= 4 is 39.5 Å². The Morgan fingerprint density at radius 3 is 0.792 bits per heavy atom. The average molecular weight is 1410 g/mol. The number of hydrogen-bond donors (Lipinski definition) is 3. The molecule has 3 N–H and O–H groups in total. The number of aliphatic hydroxyl groups is 1. The van der Waals surface area contributed by atoms with Crippen LogP contribution in [0.25, 0.3) is 0 Å². The smallest absolute Gasteiger partial charge is 0.462 e. The van der Waals surface area contributed by atoms with Gasteiger partial charge in [-0.15, -0.1) is 0 Å². The lowest BCUT2D eigenvalue weighted by atomic mass is 9.99. The Hall–Kier alpha value is -1.94. The second-order valence-corrected chi connectivity index (χ2v) is 31.4. The molecular formula is C77H150O17P2. The second kappa shape index (κ2) is 68.8. The van der Waals surface area contributed by atoms with Crippen molar-refractivity contribution in [1.82, 2.24) is 0 Å². The molecule has 0 bridgehead atoms. The Balaban J connectivity index is 5.26. The summed E-state index contributed by atoms with van der Waals surface area (Å²) in [6.45, 7) is 9.63. The molecule has 0 aromatic rings. The summed E-state index contributed by atoms with van der Waals surface area (Å²) in [5.74, 6) is -0.548. The van der Waals surface area contributed by atoms with Gasteiger partial charge < -0.3 is 33.8 Å². The predicted molar refractivity (Wildman–Crippen MR) is 391 cm³/mol. The van der Waals surface area contributed by atoms with E-state index in [-0.39, 0.29) is 25.7 Å². The lowest BCUT2D eigenvalue weighted by Crippen LogP contribution is -2.30. The number of hydrogen-bond acceptors (Lipinski definition) is 15. The molecule has 0 radical (unpaired) electrons. The number of carbonyl (C=O) groups excluding carboxylic acids is 4. The van der Waals surface area contributed by atoms with E-state index >= 15 is 0 Å². The molecule has 0 fully saturated rings. The van der Waals surface area contributed by atoms with Crippen molar-refractivity contribution in [2.45, 2.75) is 419 Å². The summed E-state index contributed by atoms with van der Waals surface area (Å²) in [5, 5.41) is 10.6. The molecule has 3 unspecified atom stereocenters. The van der Waals surface area contributed by atoms with E-state index in [4.69, 9.17) is 37.0 Å². The molecule has 19 heteroatoms. The van der Waals surface area contributed by atoms with Gasteiger partial charge in [0.05, 0.1) is 26.4 Å². The number of carbonyl (C=O) groups is 4. The highest BCUT2D eigenvalue weighted by atomic mass is 31.2. The van der Waals surface area contributed by atoms with Crippen LogP contribution < -0.4 is 0 Å². The van der Waals surface area contributed by atoms with E-state index in [1.54, 1.807) is 0 Å². The van der Waals surface area contributed by atoms with Crippen LogP contribution in [0.15, 0.2) is 0 Å². The van der Waals surface area contributed by atoms with Crippen LogP contribution in [-0.4, -0.2) is 96.7 Å². The van der Waals surface area contributed by atoms with Gasteiger partial charge >= 0.3 is 39.5 Å². The summed E-state index contributed by atoms with van der Waals surface area (Å²) in [4.78, 5) is 72.9.